The summed E-state index contributed by atoms with van der Waals surface area (Å²) in [7, 11) is -3.82. The number of nitrogens with one attached hydrogen (secondary N) is 1. The van der Waals surface area contributed by atoms with E-state index in [1.54, 1.807) is 13.0 Å². The first-order chi connectivity index (χ1) is 8.81. The summed E-state index contributed by atoms with van der Waals surface area (Å²) in [5.41, 5.74) is 0.484. The number of nitrogens with zero attached hydrogens (tertiary/aromatic N) is 1. The van der Waals surface area contributed by atoms with Gasteiger partial charge in [0.2, 0.25) is 0 Å². The van der Waals surface area contributed by atoms with E-state index in [0.717, 1.165) is 0 Å². The number of hydrogen-bond donors (Lipinski definition) is 1. The molecule has 0 unspecified atom stereocenters. The standard InChI is InChI=1S/C11H10Cl2N2O3S/c1-6-11(7(2)18-14-6)19(16,17)15-10-5-8(12)3-4-9(10)13/h3-5,15H,1-2H3. The molecule has 0 saturated carbocycles. The van der Waals surface area contributed by atoms with Crippen LogP contribution in [-0.2, 0) is 10.0 Å². The van der Waals surface area contributed by atoms with E-state index in [1.807, 2.05) is 0 Å². The van der Waals surface area contributed by atoms with E-state index in [2.05, 4.69) is 9.88 Å². The van der Waals surface area contributed by atoms with Crippen molar-refractivity contribution >= 4 is 38.9 Å². The van der Waals surface area contributed by atoms with Crippen molar-refractivity contribution in [2.75, 3.05) is 4.72 Å². The maximum absolute atomic E-state index is 12.3. The summed E-state index contributed by atoms with van der Waals surface area (Å²) >= 11 is 11.7. The highest BCUT2D eigenvalue weighted by atomic mass is 35.5. The molecule has 1 aromatic heterocycles. The average molecular weight is 321 g/mol. The van der Waals surface area contributed by atoms with Crippen LogP contribution in [0.1, 0.15) is 11.5 Å². The third-order valence-corrected chi connectivity index (χ3v) is 4.58. The lowest BCUT2D eigenvalue weighted by Gasteiger charge is -2.09. The highest BCUT2D eigenvalue weighted by Gasteiger charge is 2.24. The van der Waals surface area contributed by atoms with Crippen molar-refractivity contribution in [2.45, 2.75) is 18.7 Å². The van der Waals surface area contributed by atoms with Gasteiger partial charge in [-0.2, -0.15) is 0 Å². The zero-order chi connectivity index (χ0) is 14.2. The van der Waals surface area contributed by atoms with Gasteiger partial charge in [0.25, 0.3) is 10.0 Å². The van der Waals surface area contributed by atoms with Crippen molar-refractivity contribution in [3.8, 4) is 0 Å². The van der Waals surface area contributed by atoms with Crippen molar-refractivity contribution in [2.24, 2.45) is 0 Å². The molecule has 0 aliphatic heterocycles. The molecule has 0 radical (unpaired) electrons. The molecule has 5 nitrogen and oxygen atoms in total. The summed E-state index contributed by atoms with van der Waals surface area (Å²) in [6, 6.07) is 4.51. The molecule has 0 amide bonds. The van der Waals surface area contributed by atoms with Gasteiger partial charge in [-0.15, -0.1) is 0 Å². The van der Waals surface area contributed by atoms with Crippen LogP contribution in [0.15, 0.2) is 27.6 Å². The lowest BCUT2D eigenvalue weighted by molar-refractivity contribution is 0.390. The van der Waals surface area contributed by atoms with Crippen molar-refractivity contribution in [1.82, 2.24) is 5.16 Å². The Labute approximate surface area is 120 Å². The number of hydrogen-bond acceptors (Lipinski definition) is 4. The molecule has 0 aliphatic carbocycles. The Bertz CT molecular complexity index is 706. The third kappa shape index (κ3) is 2.86. The number of benzene rings is 1. The first-order valence-electron chi connectivity index (χ1n) is 5.22. The van der Waals surface area contributed by atoms with Crippen LogP contribution in [0.3, 0.4) is 0 Å². The fraction of sp³-hybridized carbons (Fsp3) is 0.182. The monoisotopic (exact) mass is 320 g/mol. The van der Waals surface area contributed by atoms with Gasteiger partial charge in [0, 0.05) is 5.02 Å². The molecule has 2 rings (SSSR count). The van der Waals surface area contributed by atoms with Gasteiger partial charge in [0.15, 0.2) is 10.7 Å². The van der Waals surface area contributed by atoms with E-state index in [-0.39, 0.29) is 27.1 Å². The Kier molecular flexibility index (Phi) is 3.75. The summed E-state index contributed by atoms with van der Waals surface area (Å²) in [6.45, 7) is 3.07. The van der Waals surface area contributed by atoms with Crippen molar-refractivity contribution in [1.29, 1.82) is 0 Å². The number of aromatic nitrogens is 1. The highest BCUT2D eigenvalue weighted by Crippen LogP contribution is 2.29. The molecule has 1 heterocycles. The second-order valence-corrected chi connectivity index (χ2v) is 6.35. The summed E-state index contributed by atoms with van der Waals surface area (Å²) in [5.74, 6) is 0.211. The van der Waals surface area contributed by atoms with Gasteiger partial charge < -0.3 is 4.52 Å². The average Bonchev–Trinajstić information content (AvgIpc) is 2.64. The third-order valence-electron chi connectivity index (χ3n) is 2.41. The van der Waals surface area contributed by atoms with Gasteiger partial charge in [-0.1, -0.05) is 28.4 Å². The quantitative estimate of drug-likeness (QED) is 0.940. The second kappa shape index (κ2) is 5.03. The molecule has 2 aromatic rings. The zero-order valence-electron chi connectivity index (χ0n) is 10.1. The van der Waals surface area contributed by atoms with Crippen LogP contribution in [0.2, 0.25) is 10.0 Å². The molecule has 19 heavy (non-hydrogen) atoms. The number of rotatable bonds is 3. The number of sulfonamides is 1. The van der Waals surface area contributed by atoms with Crippen molar-refractivity contribution in [3.05, 3.63) is 39.7 Å². The predicted molar refractivity (Wildman–Crippen MR) is 73.2 cm³/mol. The van der Waals surface area contributed by atoms with E-state index in [9.17, 15) is 8.42 Å². The number of anilines is 1. The van der Waals surface area contributed by atoms with Crippen LogP contribution < -0.4 is 4.72 Å². The second-order valence-electron chi connectivity index (χ2n) is 3.88. The molecule has 0 spiro atoms. The molecule has 0 atom stereocenters. The van der Waals surface area contributed by atoms with Crippen LogP contribution in [-0.4, -0.2) is 13.6 Å². The molecule has 0 aliphatic rings. The minimum absolute atomic E-state index is 0.00328. The van der Waals surface area contributed by atoms with Gasteiger partial charge >= 0.3 is 0 Å². The normalized spacial score (nSPS) is 11.6. The van der Waals surface area contributed by atoms with Crippen LogP contribution >= 0.6 is 23.2 Å². The maximum atomic E-state index is 12.3. The Morgan fingerprint density at radius 3 is 2.53 bits per heavy atom. The molecule has 1 N–H and O–H groups in total. The SMILES string of the molecule is Cc1noc(C)c1S(=O)(=O)Nc1cc(Cl)ccc1Cl. The van der Waals surface area contributed by atoms with Gasteiger partial charge in [0.1, 0.15) is 5.69 Å². The van der Waals surface area contributed by atoms with Gasteiger partial charge in [0.05, 0.1) is 10.7 Å². The van der Waals surface area contributed by atoms with Crippen molar-refractivity contribution < 1.29 is 12.9 Å². The summed E-state index contributed by atoms with van der Waals surface area (Å²) in [6.07, 6.45) is 0. The van der Waals surface area contributed by atoms with Crippen LogP contribution in [0.4, 0.5) is 5.69 Å². The van der Waals surface area contributed by atoms with Gasteiger partial charge in [-0.25, -0.2) is 8.42 Å². The van der Waals surface area contributed by atoms with E-state index in [4.69, 9.17) is 27.7 Å². The first kappa shape index (κ1) is 14.2. The Morgan fingerprint density at radius 2 is 1.95 bits per heavy atom. The predicted octanol–water partition coefficient (Wildman–Crippen LogP) is 3.40. The Balaban J connectivity index is 2.45. The smallest absolute Gasteiger partial charge is 0.267 e. The van der Waals surface area contributed by atoms with Crippen LogP contribution in [0, 0.1) is 13.8 Å². The molecule has 8 heteroatoms. The van der Waals surface area contributed by atoms with Gasteiger partial charge in [-0.05, 0) is 32.0 Å². The molecule has 0 bridgehead atoms. The van der Waals surface area contributed by atoms with E-state index in [0.29, 0.717) is 5.02 Å². The summed E-state index contributed by atoms with van der Waals surface area (Å²) in [4.78, 5) is 0.00328. The topological polar surface area (TPSA) is 72.2 Å². The molecule has 1 aromatic carbocycles. The van der Waals surface area contributed by atoms with Gasteiger partial charge in [-0.3, -0.25) is 4.72 Å². The minimum atomic E-state index is -3.82. The maximum Gasteiger partial charge on any atom is 0.267 e. The molecular weight excluding hydrogens is 311 g/mol. The van der Waals surface area contributed by atoms with E-state index in [1.165, 1.54) is 19.1 Å². The van der Waals surface area contributed by atoms with E-state index >= 15 is 0 Å². The number of aryl methyl sites for hydroxylation is 2. The largest absolute Gasteiger partial charge is 0.360 e. The first-order valence-corrected chi connectivity index (χ1v) is 7.46. The van der Waals surface area contributed by atoms with E-state index < -0.39 is 10.0 Å². The number of halogens is 2. The van der Waals surface area contributed by atoms with Crippen molar-refractivity contribution in [3.63, 3.8) is 0 Å². The Hall–Kier alpha value is -1.24. The molecular formula is C11H10Cl2N2O3S. The Morgan fingerprint density at radius 1 is 1.26 bits per heavy atom. The molecule has 0 fully saturated rings. The fourth-order valence-electron chi connectivity index (χ4n) is 1.63. The lowest BCUT2D eigenvalue weighted by atomic mass is 10.3. The fourth-order valence-corrected chi connectivity index (χ4v) is 3.43. The lowest BCUT2D eigenvalue weighted by Crippen LogP contribution is -2.14. The molecule has 0 saturated heterocycles. The molecule has 102 valence electrons. The minimum Gasteiger partial charge on any atom is -0.360 e. The zero-order valence-corrected chi connectivity index (χ0v) is 12.4. The summed E-state index contributed by atoms with van der Waals surface area (Å²) in [5, 5.41) is 4.24. The van der Waals surface area contributed by atoms with Crippen LogP contribution in [0.5, 0.6) is 0 Å². The highest BCUT2D eigenvalue weighted by molar-refractivity contribution is 7.92. The summed E-state index contributed by atoms with van der Waals surface area (Å²) < 4.78 is 31.7. The van der Waals surface area contributed by atoms with Crippen LogP contribution in [0.25, 0.3) is 0 Å².